The molecule has 0 bridgehead atoms. The number of imidazole rings is 2. The maximum atomic E-state index is 13.6. The van der Waals surface area contributed by atoms with Crippen molar-refractivity contribution in [2.24, 2.45) is 17.6 Å². The van der Waals surface area contributed by atoms with Gasteiger partial charge in [0.25, 0.3) is 0 Å². The lowest BCUT2D eigenvalue weighted by atomic mass is 9.81. The standard InChI is InChI=1S/C34H40N8O3/c1-18(2)30-37-27-14-19(3)29(41-31(27)42-30)22-8-4-20(5-9-22)15-28(38-32(43)23-10-6-21(17-35)7-11-23)33(44)36-24-12-13-25-26(16-24)40-34(45)39-25/h4-5,8-9,12-14,16,18,21,23,28H,6-7,10-11,15,17,35H2,1-3H3,(H,36,44)(H,38,43)(H,37,41,42)(H2,39,40,45)/t21?,23?,28-/m0/s1. The van der Waals surface area contributed by atoms with Crippen LogP contribution in [-0.4, -0.2) is 49.3 Å². The summed E-state index contributed by atoms with van der Waals surface area (Å²) in [4.78, 5) is 57.0. The van der Waals surface area contributed by atoms with Crippen LogP contribution in [0.4, 0.5) is 5.69 Å². The van der Waals surface area contributed by atoms with Gasteiger partial charge in [-0.15, -0.1) is 0 Å². The highest BCUT2D eigenvalue weighted by molar-refractivity contribution is 5.98. The Kier molecular flexibility index (Phi) is 8.53. The summed E-state index contributed by atoms with van der Waals surface area (Å²) in [7, 11) is 0. The van der Waals surface area contributed by atoms with E-state index in [4.69, 9.17) is 10.7 Å². The largest absolute Gasteiger partial charge is 0.344 e. The Labute approximate surface area is 260 Å². The molecule has 234 valence electrons. The molecule has 1 fully saturated rings. The number of aromatic amines is 3. The zero-order valence-electron chi connectivity index (χ0n) is 25.9. The molecule has 3 heterocycles. The number of hydrogen-bond donors (Lipinski definition) is 6. The van der Waals surface area contributed by atoms with E-state index in [-0.39, 0.29) is 29.3 Å². The summed E-state index contributed by atoms with van der Waals surface area (Å²) < 4.78 is 0. The fourth-order valence-electron chi connectivity index (χ4n) is 6.16. The molecule has 0 radical (unpaired) electrons. The number of rotatable bonds is 9. The normalized spacial score (nSPS) is 17.5. The predicted octanol–water partition coefficient (Wildman–Crippen LogP) is 4.66. The first-order valence-electron chi connectivity index (χ1n) is 15.7. The second-order valence-corrected chi connectivity index (χ2v) is 12.5. The zero-order chi connectivity index (χ0) is 31.7. The van der Waals surface area contributed by atoms with Crippen molar-refractivity contribution in [3.63, 3.8) is 0 Å². The molecule has 0 spiro atoms. The highest BCUT2D eigenvalue weighted by Gasteiger charge is 2.29. The maximum absolute atomic E-state index is 13.6. The first kappa shape index (κ1) is 30.3. The van der Waals surface area contributed by atoms with E-state index in [1.165, 1.54) is 0 Å². The van der Waals surface area contributed by atoms with Gasteiger partial charge in [-0.25, -0.2) is 14.8 Å². The van der Waals surface area contributed by atoms with Gasteiger partial charge >= 0.3 is 5.69 Å². The van der Waals surface area contributed by atoms with Crippen LogP contribution in [0.25, 0.3) is 33.5 Å². The summed E-state index contributed by atoms with van der Waals surface area (Å²) in [5.74, 6) is 1.04. The minimum Gasteiger partial charge on any atom is -0.344 e. The van der Waals surface area contributed by atoms with Gasteiger partial charge in [0.05, 0.1) is 22.2 Å². The van der Waals surface area contributed by atoms with Crippen molar-refractivity contribution in [1.29, 1.82) is 0 Å². The fourth-order valence-corrected chi connectivity index (χ4v) is 6.16. The molecule has 1 aliphatic rings. The summed E-state index contributed by atoms with van der Waals surface area (Å²) in [6.07, 6.45) is 3.66. The number of carbonyl (C=O) groups is 2. The summed E-state index contributed by atoms with van der Waals surface area (Å²) in [6, 6.07) is 14.4. The number of amides is 2. The zero-order valence-corrected chi connectivity index (χ0v) is 25.9. The van der Waals surface area contributed by atoms with Crippen LogP contribution in [0, 0.1) is 18.8 Å². The number of aryl methyl sites for hydroxylation is 1. The van der Waals surface area contributed by atoms with Crippen molar-refractivity contribution in [3.8, 4) is 11.3 Å². The molecule has 2 aromatic carbocycles. The molecule has 0 unspecified atom stereocenters. The van der Waals surface area contributed by atoms with Crippen LogP contribution in [-0.2, 0) is 16.0 Å². The van der Waals surface area contributed by atoms with Crippen LogP contribution in [0.1, 0.15) is 62.4 Å². The number of carbonyl (C=O) groups excluding carboxylic acids is 2. The van der Waals surface area contributed by atoms with E-state index >= 15 is 0 Å². The van der Waals surface area contributed by atoms with Gasteiger partial charge in [-0.05, 0) is 80.5 Å². The molecule has 11 nitrogen and oxygen atoms in total. The SMILES string of the molecule is Cc1cc2[nH]c(C(C)C)nc2nc1-c1ccc(C[C@H](NC(=O)C2CCC(CN)CC2)C(=O)Nc2ccc3[nH]c(=O)[nH]c3c2)cc1. The van der Waals surface area contributed by atoms with E-state index < -0.39 is 6.04 Å². The van der Waals surface area contributed by atoms with Gasteiger partial charge in [-0.1, -0.05) is 38.1 Å². The Morgan fingerprint density at radius 1 is 0.933 bits per heavy atom. The van der Waals surface area contributed by atoms with Crippen molar-refractivity contribution in [3.05, 3.63) is 76.0 Å². The van der Waals surface area contributed by atoms with Gasteiger partial charge < -0.3 is 31.3 Å². The van der Waals surface area contributed by atoms with Gasteiger partial charge in [-0.3, -0.25) is 9.59 Å². The summed E-state index contributed by atoms with van der Waals surface area (Å²) in [5, 5.41) is 5.98. The number of hydrogen-bond acceptors (Lipinski definition) is 6. The Morgan fingerprint density at radius 2 is 1.67 bits per heavy atom. The lowest BCUT2D eigenvalue weighted by Gasteiger charge is -2.28. The number of aromatic nitrogens is 5. The molecule has 5 aromatic rings. The average Bonchev–Trinajstić information content (AvgIpc) is 3.62. The van der Waals surface area contributed by atoms with Crippen LogP contribution < -0.4 is 22.1 Å². The molecule has 1 saturated carbocycles. The lowest BCUT2D eigenvalue weighted by molar-refractivity contribution is -0.130. The second kappa shape index (κ2) is 12.7. The molecule has 45 heavy (non-hydrogen) atoms. The Morgan fingerprint density at radius 3 is 2.38 bits per heavy atom. The minimum absolute atomic E-state index is 0.111. The minimum atomic E-state index is -0.800. The second-order valence-electron chi connectivity index (χ2n) is 12.5. The van der Waals surface area contributed by atoms with E-state index in [1.54, 1.807) is 18.2 Å². The number of nitrogens with two attached hydrogens (primary N) is 1. The van der Waals surface area contributed by atoms with Crippen LogP contribution in [0.2, 0.25) is 0 Å². The molecular weight excluding hydrogens is 568 g/mol. The first-order valence-corrected chi connectivity index (χ1v) is 15.7. The molecular formula is C34H40N8O3. The van der Waals surface area contributed by atoms with E-state index in [1.807, 2.05) is 31.2 Å². The number of anilines is 1. The number of nitrogens with zero attached hydrogens (tertiary/aromatic N) is 2. The highest BCUT2D eigenvalue weighted by Crippen LogP contribution is 2.29. The van der Waals surface area contributed by atoms with E-state index in [9.17, 15) is 14.4 Å². The van der Waals surface area contributed by atoms with Crippen molar-refractivity contribution >= 4 is 39.7 Å². The molecule has 2 amide bonds. The van der Waals surface area contributed by atoms with Gasteiger partial charge in [0.2, 0.25) is 11.8 Å². The molecule has 0 saturated heterocycles. The fraction of sp³-hybridized carbons (Fsp3) is 0.382. The predicted molar refractivity (Wildman–Crippen MR) is 176 cm³/mol. The topological polar surface area (TPSA) is 174 Å². The summed E-state index contributed by atoms with van der Waals surface area (Å²) >= 11 is 0. The maximum Gasteiger partial charge on any atom is 0.323 e. The van der Waals surface area contributed by atoms with Crippen molar-refractivity contribution < 1.29 is 9.59 Å². The monoisotopic (exact) mass is 608 g/mol. The Hall–Kier alpha value is -4.77. The van der Waals surface area contributed by atoms with Gasteiger partial charge in [0.1, 0.15) is 11.9 Å². The molecule has 1 atom stereocenters. The number of benzene rings is 2. The van der Waals surface area contributed by atoms with Crippen molar-refractivity contribution in [1.82, 2.24) is 30.2 Å². The Bertz CT molecular complexity index is 1890. The van der Waals surface area contributed by atoms with Gasteiger partial charge in [-0.2, -0.15) is 0 Å². The van der Waals surface area contributed by atoms with E-state index in [2.05, 4.69) is 50.5 Å². The third kappa shape index (κ3) is 6.68. The number of fused-ring (bicyclic) bond motifs is 2. The molecule has 0 aliphatic heterocycles. The Balaban J connectivity index is 1.22. The molecule has 1 aliphatic carbocycles. The third-order valence-corrected chi connectivity index (χ3v) is 8.86. The van der Waals surface area contributed by atoms with E-state index in [0.29, 0.717) is 41.3 Å². The van der Waals surface area contributed by atoms with Gasteiger partial charge in [0.15, 0.2) is 5.65 Å². The van der Waals surface area contributed by atoms with Gasteiger partial charge in [0, 0.05) is 29.5 Å². The lowest BCUT2D eigenvalue weighted by Crippen LogP contribution is -2.48. The number of nitrogens with one attached hydrogen (secondary N) is 5. The molecule has 3 aromatic heterocycles. The van der Waals surface area contributed by atoms with E-state index in [0.717, 1.165) is 59.4 Å². The van der Waals surface area contributed by atoms with Crippen molar-refractivity contribution in [2.45, 2.75) is 64.8 Å². The first-order chi connectivity index (χ1) is 21.7. The number of pyridine rings is 1. The number of H-pyrrole nitrogens is 3. The summed E-state index contributed by atoms with van der Waals surface area (Å²) in [6.45, 7) is 6.85. The summed E-state index contributed by atoms with van der Waals surface area (Å²) in [5.41, 5.74) is 12.6. The van der Waals surface area contributed by atoms with Crippen LogP contribution in [0.3, 0.4) is 0 Å². The highest BCUT2D eigenvalue weighted by atomic mass is 16.2. The molecule has 7 N–H and O–H groups in total. The smallest absolute Gasteiger partial charge is 0.323 e. The van der Waals surface area contributed by atoms with Crippen LogP contribution in [0.15, 0.2) is 53.3 Å². The quantitative estimate of drug-likeness (QED) is 0.142. The van der Waals surface area contributed by atoms with Crippen LogP contribution >= 0.6 is 0 Å². The van der Waals surface area contributed by atoms with Crippen molar-refractivity contribution in [2.75, 3.05) is 11.9 Å². The average molecular weight is 609 g/mol. The molecule has 6 rings (SSSR count). The third-order valence-electron chi connectivity index (χ3n) is 8.86. The van der Waals surface area contributed by atoms with Crippen LogP contribution in [0.5, 0.6) is 0 Å². The molecule has 11 heteroatoms.